The Morgan fingerprint density at radius 2 is 1.50 bits per heavy atom. The molecule has 2 rings (SSSR count). The average Bonchev–Trinajstić information content (AvgIpc) is 2.49. The SMILES string of the molecule is N/C(=N/O)c1ccc(CSCc2ccc(Cl)cc2)cc1. The molecule has 5 heteroatoms. The smallest absolute Gasteiger partial charge is 0.170 e. The number of hydrogen-bond acceptors (Lipinski definition) is 3. The molecule has 0 aliphatic heterocycles. The molecule has 2 aromatic rings. The quantitative estimate of drug-likeness (QED) is 0.381. The lowest BCUT2D eigenvalue weighted by atomic mass is 10.1. The van der Waals surface area contributed by atoms with Gasteiger partial charge >= 0.3 is 0 Å². The van der Waals surface area contributed by atoms with Gasteiger partial charge in [0.05, 0.1) is 0 Å². The molecule has 3 nitrogen and oxygen atoms in total. The normalized spacial score (nSPS) is 11.6. The lowest BCUT2D eigenvalue weighted by molar-refractivity contribution is 0.318. The van der Waals surface area contributed by atoms with Crippen LogP contribution in [0.2, 0.25) is 5.02 Å². The highest BCUT2D eigenvalue weighted by atomic mass is 35.5. The van der Waals surface area contributed by atoms with E-state index in [4.69, 9.17) is 22.5 Å². The van der Waals surface area contributed by atoms with Crippen LogP contribution in [0.25, 0.3) is 0 Å². The fourth-order valence-corrected chi connectivity index (χ4v) is 2.78. The number of thioether (sulfide) groups is 1. The Morgan fingerprint density at radius 1 is 1.00 bits per heavy atom. The Bertz CT molecular complexity index is 582. The molecule has 0 bridgehead atoms. The number of hydrogen-bond donors (Lipinski definition) is 2. The van der Waals surface area contributed by atoms with E-state index >= 15 is 0 Å². The summed E-state index contributed by atoms with van der Waals surface area (Å²) in [6.45, 7) is 0. The van der Waals surface area contributed by atoms with E-state index in [1.54, 1.807) is 0 Å². The zero-order chi connectivity index (χ0) is 14.4. The number of amidine groups is 1. The van der Waals surface area contributed by atoms with Gasteiger partial charge in [0.1, 0.15) is 0 Å². The van der Waals surface area contributed by atoms with Gasteiger partial charge in [-0.15, -0.1) is 0 Å². The van der Waals surface area contributed by atoms with Crippen LogP contribution < -0.4 is 5.73 Å². The van der Waals surface area contributed by atoms with Crippen LogP contribution >= 0.6 is 23.4 Å². The molecule has 0 spiro atoms. The average molecular weight is 307 g/mol. The first kappa shape index (κ1) is 14.8. The van der Waals surface area contributed by atoms with Crippen molar-refractivity contribution in [1.29, 1.82) is 0 Å². The van der Waals surface area contributed by atoms with E-state index in [0.29, 0.717) is 0 Å². The van der Waals surface area contributed by atoms with Crippen LogP contribution in [0.15, 0.2) is 53.7 Å². The van der Waals surface area contributed by atoms with Gasteiger partial charge in [-0.05, 0) is 23.3 Å². The summed E-state index contributed by atoms with van der Waals surface area (Å²) < 4.78 is 0. The molecule has 0 aliphatic carbocycles. The predicted molar refractivity (Wildman–Crippen MR) is 85.4 cm³/mol. The third kappa shape index (κ3) is 4.18. The summed E-state index contributed by atoms with van der Waals surface area (Å²) in [4.78, 5) is 0. The summed E-state index contributed by atoms with van der Waals surface area (Å²) in [5, 5.41) is 12.3. The van der Waals surface area contributed by atoms with E-state index in [2.05, 4.69) is 5.16 Å². The fraction of sp³-hybridized carbons (Fsp3) is 0.133. The van der Waals surface area contributed by atoms with Crippen molar-refractivity contribution >= 4 is 29.2 Å². The molecular weight excluding hydrogens is 292 g/mol. The number of nitrogens with zero attached hydrogens (tertiary/aromatic N) is 1. The largest absolute Gasteiger partial charge is 0.409 e. The predicted octanol–water partition coefficient (Wildman–Crippen LogP) is 3.87. The first-order valence-corrected chi connectivity index (χ1v) is 7.61. The molecule has 20 heavy (non-hydrogen) atoms. The van der Waals surface area contributed by atoms with Gasteiger partial charge in [-0.1, -0.05) is 53.2 Å². The van der Waals surface area contributed by atoms with Gasteiger partial charge in [0.2, 0.25) is 0 Å². The van der Waals surface area contributed by atoms with Crippen molar-refractivity contribution in [2.75, 3.05) is 0 Å². The summed E-state index contributed by atoms with van der Waals surface area (Å²) >= 11 is 7.68. The summed E-state index contributed by atoms with van der Waals surface area (Å²) in [7, 11) is 0. The van der Waals surface area contributed by atoms with Crippen molar-refractivity contribution in [2.24, 2.45) is 10.9 Å². The van der Waals surface area contributed by atoms with Gasteiger partial charge in [-0.3, -0.25) is 0 Å². The molecule has 2 aromatic carbocycles. The Morgan fingerprint density at radius 3 is 2.00 bits per heavy atom. The zero-order valence-electron chi connectivity index (χ0n) is 10.8. The molecule has 0 saturated carbocycles. The van der Waals surface area contributed by atoms with E-state index < -0.39 is 0 Å². The van der Waals surface area contributed by atoms with Gasteiger partial charge in [0.25, 0.3) is 0 Å². The van der Waals surface area contributed by atoms with Crippen molar-refractivity contribution in [1.82, 2.24) is 0 Å². The van der Waals surface area contributed by atoms with Crippen LogP contribution in [0.4, 0.5) is 0 Å². The standard InChI is InChI=1S/C15H15ClN2OS/c16-14-7-3-12(4-8-14)10-20-9-11-1-5-13(6-2-11)15(17)18-19/h1-8,19H,9-10H2,(H2,17,18). The molecule has 104 valence electrons. The zero-order valence-corrected chi connectivity index (χ0v) is 12.4. The second kappa shape index (κ2) is 7.22. The third-order valence-electron chi connectivity index (χ3n) is 2.81. The van der Waals surface area contributed by atoms with Crippen LogP contribution in [-0.2, 0) is 11.5 Å². The summed E-state index contributed by atoms with van der Waals surface area (Å²) in [5.74, 6) is 1.99. The maximum absolute atomic E-state index is 8.59. The lowest BCUT2D eigenvalue weighted by Crippen LogP contribution is -2.12. The van der Waals surface area contributed by atoms with E-state index in [0.717, 1.165) is 22.1 Å². The Balaban J connectivity index is 1.86. The highest BCUT2D eigenvalue weighted by Crippen LogP contribution is 2.19. The number of nitrogens with two attached hydrogens (primary N) is 1. The molecule has 0 saturated heterocycles. The van der Waals surface area contributed by atoms with Gasteiger partial charge in [-0.2, -0.15) is 11.8 Å². The minimum atomic E-state index is 0.130. The van der Waals surface area contributed by atoms with Crippen LogP contribution in [0.5, 0.6) is 0 Å². The van der Waals surface area contributed by atoms with Crippen molar-refractivity contribution in [3.05, 3.63) is 70.2 Å². The van der Waals surface area contributed by atoms with Gasteiger partial charge in [0, 0.05) is 22.1 Å². The Hall–Kier alpha value is -1.65. The summed E-state index contributed by atoms with van der Waals surface area (Å²) in [6.07, 6.45) is 0. The molecule has 0 amide bonds. The molecule has 0 radical (unpaired) electrons. The first-order valence-electron chi connectivity index (χ1n) is 6.08. The van der Waals surface area contributed by atoms with Crippen LogP contribution in [0, 0.1) is 0 Å². The van der Waals surface area contributed by atoms with Gasteiger partial charge in [-0.25, -0.2) is 0 Å². The molecular formula is C15H15ClN2OS. The highest BCUT2D eigenvalue weighted by molar-refractivity contribution is 7.97. The third-order valence-corrected chi connectivity index (χ3v) is 4.14. The second-order valence-electron chi connectivity index (χ2n) is 4.30. The van der Waals surface area contributed by atoms with E-state index in [9.17, 15) is 0 Å². The number of benzene rings is 2. The Labute approximate surface area is 127 Å². The molecule has 0 unspecified atom stereocenters. The molecule has 0 heterocycles. The minimum Gasteiger partial charge on any atom is -0.409 e. The topological polar surface area (TPSA) is 58.6 Å². The van der Waals surface area contributed by atoms with Crippen LogP contribution in [0.1, 0.15) is 16.7 Å². The van der Waals surface area contributed by atoms with Crippen molar-refractivity contribution in [2.45, 2.75) is 11.5 Å². The van der Waals surface area contributed by atoms with E-state index in [-0.39, 0.29) is 5.84 Å². The second-order valence-corrected chi connectivity index (χ2v) is 5.72. The molecule has 0 aromatic heterocycles. The summed E-state index contributed by atoms with van der Waals surface area (Å²) in [5.41, 5.74) is 8.70. The first-order chi connectivity index (χ1) is 9.69. The van der Waals surface area contributed by atoms with Gasteiger partial charge < -0.3 is 10.9 Å². The van der Waals surface area contributed by atoms with Crippen LogP contribution in [-0.4, -0.2) is 11.0 Å². The number of oxime groups is 1. The number of halogens is 1. The molecule has 0 aliphatic rings. The highest BCUT2D eigenvalue weighted by Gasteiger charge is 2.00. The minimum absolute atomic E-state index is 0.130. The fourth-order valence-electron chi connectivity index (χ4n) is 1.70. The number of rotatable bonds is 5. The molecule has 0 fully saturated rings. The van der Waals surface area contributed by atoms with Crippen molar-refractivity contribution in [3.63, 3.8) is 0 Å². The Kier molecular flexibility index (Phi) is 5.32. The van der Waals surface area contributed by atoms with Crippen molar-refractivity contribution in [3.8, 4) is 0 Å². The van der Waals surface area contributed by atoms with E-state index in [1.807, 2.05) is 60.3 Å². The van der Waals surface area contributed by atoms with Gasteiger partial charge in [0.15, 0.2) is 5.84 Å². The van der Waals surface area contributed by atoms with Crippen LogP contribution in [0.3, 0.4) is 0 Å². The van der Waals surface area contributed by atoms with Crippen molar-refractivity contribution < 1.29 is 5.21 Å². The molecule has 3 N–H and O–H groups in total. The lowest BCUT2D eigenvalue weighted by Gasteiger charge is -2.04. The monoisotopic (exact) mass is 306 g/mol. The maximum atomic E-state index is 8.59. The summed E-state index contributed by atoms with van der Waals surface area (Å²) in [6, 6.07) is 15.6. The van der Waals surface area contributed by atoms with E-state index in [1.165, 1.54) is 11.1 Å². The molecule has 0 atom stereocenters. The maximum Gasteiger partial charge on any atom is 0.170 e.